The molecule has 0 heterocycles. The third-order valence-corrected chi connectivity index (χ3v) is 4.13. The van der Waals surface area contributed by atoms with Gasteiger partial charge in [-0.15, -0.1) is 0 Å². The predicted molar refractivity (Wildman–Crippen MR) is 76.5 cm³/mol. The number of rotatable bonds is 4. The lowest BCUT2D eigenvalue weighted by Crippen LogP contribution is -2.33. The highest BCUT2D eigenvalue weighted by molar-refractivity contribution is 6.35. The Morgan fingerprint density at radius 1 is 1.37 bits per heavy atom. The number of amides is 1. The van der Waals surface area contributed by atoms with Crippen molar-refractivity contribution in [3.8, 4) is 0 Å². The van der Waals surface area contributed by atoms with Gasteiger partial charge in [0.05, 0.1) is 12.5 Å². The Kier molecular flexibility index (Phi) is 5.08. The van der Waals surface area contributed by atoms with Crippen LogP contribution in [0.5, 0.6) is 0 Å². The Balaban J connectivity index is 1.84. The molecule has 0 spiro atoms. The summed E-state index contributed by atoms with van der Waals surface area (Å²) in [6.45, 7) is 0.533. The van der Waals surface area contributed by atoms with Crippen LogP contribution in [0.15, 0.2) is 18.2 Å². The van der Waals surface area contributed by atoms with Crippen molar-refractivity contribution in [1.82, 2.24) is 5.32 Å². The number of benzene rings is 1. The normalized spacial score (nSPS) is 22.5. The van der Waals surface area contributed by atoms with Crippen LogP contribution in [0, 0.1) is 5.92 Å². The van der Waals surface area contributed by atoms with Crippen molar-refractivity contribution in [2.45, 2.75) is 31.8 Å². The van der Waals surface area contributed by atoms with Crippen LogP contribution in [0.3, 0.4) is 0 Å². The summed E-state index contributed by atoms with van der Waals surface area (Å²) in [5.74, 6) is 0.105. The molecule has 2 N–H and O–H groups in total. The minimum atomic E-state index is -0.278. The minimum absolute atomic E-state index is 0.0803. The first kappa shape index (κ1) is 14.6. The quantitative estimate of drug-likeness (QED) is 0.898. The lowest BCUT2D eigenvalue weighted by Gasteiger charge is -2.15. The summed E-state index contributed by atoms with van der Waals surface area (Å²) in [4.78, 5) is 11.8. The molecule has 0 radical (unpaired) electrons. The second kappa shape index (κ2) is 6.60. The van der Waals surface area contributed by atoms with E-state index in [0.29, 0.717) is 16.6 Å². The summed E-state index contributed by atoms with van der Waals surface area (Å²) in [7, 11) is 0. The van der Waals surface area contributed by atoms with Crippen molar-refractivity contribution in [3.05, 3.63) is 33.8 Å². The molecule has 0 aromatic heterocycles. The summed E-state index contributed by atoms with van der Waals surface area (Å²) < 4.78 is 0. The smallest absolute Gasteiger partial charge is 0.224 e. The summed E-state index contributed by atoms with van der Waals surface area (Å²) in [5, 5.41) is 13.6. The van der Waals surface area contributed by atoms with E-state index in [2.05, 4.69) is 5.32 Å². The van der Waals surface area contributed by atoms with Gasteiger partial charge in [-0.1, -0.05) is 35.7 Å². The second-order valence-corrected chi connectivity index (χ2v) is 5.82. The van der Waals surface area contributed by atoms with Crippen molar-refractivity contribution < 1.29 is 9.90 Å². The summed E-state index contributed by atoms with van der Waals surface area (Å²) in [6, 6.07) is 5.11. The lowest BCUT2D eigenvalue weighted by molar-refractivity contribution is -0.120. The average Bonchev–Trinajstić information content (AvgIpc) is 2.76. The van der Waals surface area contributed by atoms with Crippen LogP contribution >= 0.6 is 23.2 Å². The van der Waals surface area contributed by atoms with Crippen LogP contribution in [0.1, 0.15) is 24.8 Å². The van der Waals surface area contributed by atoms with Gasteiger partial charge in [-0.05, 0) is 30.5 Å². The summed E-state index contributed by atoms with van der Waals surface area (Å²) >= 11 is 11.8. The highest BCUT2D eigenvalue weighted by atomic mass is 35.5. The summed E-state index contributed by atoms with van der Waals surface area (Å²) in [5.41, 5.74) is 0.760. The van der Waals surface area contributed by atoms with Crippen molar-refractivity contribution >= 4 is 29.1 Å². The Hall–Kier alpha value is -0.770. The highest BCUT2D eigenvalue weighted by Crippen LogP contribution is 2.25. The van der Waals surface area contributed by atoms with Crippen LogP contribution in [0.2, 0.25) is 10.0 Å². The number of halogens is 2. The number of nitrogens with one attached hydrogen (secondary N) is 1. The maximum atomic E-state index is 11.8. The zero-order valence-electron chi connectivity index (χ0n) is 10.5. The molecular weight excluding hydrogens is 285 g/mol. The highest BCUT2D eigenvalue weighted by Gasteiger charge is 2.25. The molecule has 0 bridgehead atoms. The minimum Gasteiger partial charge on any atom is -0.393 e. The number of carbonyl (C=O) groups is 1. The van der Waals surface area contributed by atoms with Crippen molar-refractivity contribution in [2.24, 2.45) is 5.92 Å². The molecule has 3 nitrogen and oxygen atoms in total. The number of hydrogen-bond acceptors (Lipinski definition) is 2. The van der Waals surface area contributed by atoms with E-state index in [-0.39, 0.29) is 24.3 Å². The first-order valence-corrected chi connectivity index (χ1v) is 7.20. The largest absolute Gasteiger partial charge is 0.393 e. The van der Waals surface area contributed by atoms with E-state index in [9.17, 15) is 9.90 Å². The molecule has 19 heavy (non-hydrogen) atoms. The first-order chi connectivity index (χ1) is 9.06. The molecule has 1 aliphatic rings. The molecule has 0 aliphatic heterocycles. The van der Waals surface area contributed by atoms with Crippen molar-refractivity contribution in [1.29, 1.82) is 0 Å². The van der Waals surface area contributed by atoms with Crippen molar-refractivity contribution in [2.75, 3.05) is 6.54 Å². The Morgan fingerprint density at radius 2 is 2.16 bits per heavy atom. The second-order valence-electron chi connectivity index (χ2n) is 4.97. The van der Waals surface area contributed by atoms with Gasteiger partial charge in [0.15, 0.2) is 0 Å². The number of hydrogen-bond donors (Lipinski definition) is 2. The maximum Gasteiger partial charge on any atom is 0.224 e. The zero-order chi connectivity index (χ0) is 13.8. The summed E-state index contributed by atoms with van der Waals surface area (Å²) in [6.07, 6.45) is 2.80. The van der Waals surface area contributed by atoms with Gasteiger partial charge in [0, 0.05) is 22.5 Å². The fraction of sp³-hybridized carbons (Fsp3) is 0.500. The molecule has 2 unspecified atom stereocenters. The zero-order valence-corrected chi connectivity index (χ0v) is 12.0. The lowest BCUT2D eigenvalue weighted by atomic mass is 10.1. The molecule has 1 saturated carbocycles. The fourth-order valence-electron chi connectivity index (χ4n) is 2.40. The van der Waals surface area contributed by atoms with Gasteiger partial charge < -0.3 is 10.4 Å². The van der Waals surface area contributed by atoms with E-state index in [0.717, 1.165) is 24.8 Å². The van der Waals surface area contributed by atoms with Crippen LogP contribution in [-0.4, -0.2) is 23.7 Å². The molecule has 1 aromatic rings. The third kappa shape index (κ3) is 4.10. The molecule has 1 fully saturated rings. The first-order valence-electron chi connectivity index (χ1n) is 6.45. The standard InChI is InChI=1S/C14H17Cl2NO2/c15-11-5-4-9(12(16)7-11)6-14(19)17-8-10-2-1-3-13(10)18/h4-5,7,10,13,18H,1-3,6,8H2,(H,17,19). The van der Waals surface area contributed by atoms with Crippen LogP contribution < -0.4 is 5.32 Å². The Bertz CT molecular complexity index is 465. The molecule has 2 atom stereocenters. The number of carbonyl (C=O) groups excluding carboxylic acids is 1. The van der Waals surface area contributed by atoms with E-state index in [1.807, 2.05) is 0 Å². The number of aliphatic hydroxyl groups excluding tert-OH is 1. The molecule has 1 amide bonds. The third-order valence-electron chi connectivity index (χ3n) is 3.55. The Morgan fingerprint density at radius 3 is 2.79 bits per heavy atom. The van der Waals surface area contributed by atoms with Gasteiger partial charge in [0.1, 0.15) is 0 Å². The fourth-order valence-corrected chi connectivity index (χ4v) is 2.88. The maximum absolute atomic E-state index is 11.8. The molecular formula is C14H17Cl2NO2. The molecule has 2 rings (SSSR count). The van der Waals surface area contributed by atoms with Crippen molar-refractivity contribution in [3.63, 3.8) is 0 Å². The van der Waals surface area contributed by atoms with Gasteiger partial charge >= 0.3 is 0 Å². The van der Waals surface area contributed by atoms with E-state index in [1.165, 1.54) is 0 Å². The molecule has 5 heteroatoms. The predicted octanol–water partition coefficient (Wildman–Crippen LogP) is 2.81. The van der Waals surface area contributed by atoms with Gasteiger partial charge in [-0.25, -0.2) is 0 Å². The molecule has 1 aliphatic carbocycles. The SMILES string of the molecule is O=C(Cc1ccc(Cl)cc1Cl)NCC1CCCC1O. The van der Waals surface area contributed by atoms with E-state index >= 15 is 0 Å². The van der Waals surface area contributed by atoms with Crippen LogP contribution in [-0.2, 0) is 11.2 Å². The van der Waals surface area contributed by atoms with E-state index < -0.39 is 0 Å². The Labute approximate surface area is 122 Å². The average molecular weight is 302 g/mol. The van der Waals surface area contributed by atoms with Gasteiger partial charge in [-0.2, -0.15) is 0 Å². The molecule has 104 valence electrons. The van der Waals surface area contributed by atoms with Crippen LogP contribution in [0.25, 0.3) is 0 Å². The van der Waals surface area contributed by atoms with E-state index in [4.69, 9.17) is 23.2 Å². The topological polar surface area (TPSA) is 49.3 Å². The molecule has 1 aromatic carbocycles. The number of aliphatic hydroxyl groups is 1. The van der Waals surface area contributed by atoms with Gasteiger partial charge in [0.2, 0.25) is 5.91 Å². The van der Waals surface area contributed by atoms with E-state index in [1.54, 1.807) is 18.2 Å². The van der Waals surface area contributed by atoms with Crippen LogP contribution in [0.4, 0.5) is 0 Å². The van der Waals surface area contributed by atoms with Gasteiger partial charge in [0.25, 0.3) is 0 Å². The molecule has 0 saturated heterocycles. The monoisotopic (exact) mass is 301 g/mol. The van der Waals surface area contributed by atoms with Gasteiger partial charge in [-0.3, -0.25) is 4.79 Å².